The number of rotatable bonds is 5. The van der Waals surface area contributed by atoms with E-state index in [0.29, 0.717) is 29.8 Å². The molecule has 0 atom stereocenters. The molecule has 28 heavy (non-hydrogen) atoms. The number of hydrogen-bond acceptors (Lipinski definition) is 5. The third kappa shape index (κ3) is 3.54. The maximum absolute atomic E-state index is 13.2. The summed E-state index contributed by atoms with van der Waals surface area (Å²) in [5, 5.41) is 13.4. The molecule has 3 aromatic rings. The monoisotopic (exact) mass is 379 g/mol. The molecule has 1 aromatic carbocycles. The molecule has 0 saturated carbocycles. The second kappa shape index (κ2) is 7.69. The van der Waals surface area contributed by atoms with Crippen LogP contribution in [0.5, 0.6) is 0 Å². The van der Waals surface area contributed by atoms with Crippen LogP contribution in [0.1, 0.15) is 23.2 Å². The van der Waals surface area contributed by atoms with Crippen LogP contribution >= 0.6 is 0 Å². The predicted octanol–water partition coefficient (Wildman–Crippen LogP) is 2.45. The number of benzene rings is 1. The lowest BCUT2D eigenvalue weighted by atomic mass is 9.87. The van der Waals surface area contributed by atoms with Gasteiger partial charge in [0, 0.05) is 23.8 Å². The number of aromatic nitrogens is 2. The van der Waals surface area contributed by atoms with Crippen LogP contribution in [0.4, 0.5) is 11.4 Å². The molecule has 8 heteroatoms. The van der Waals surface area contributed by atoms with Gasteiger partial charge in [-0.05, 0) is 56.3 Å². The third-order valence-electron chi connectivity index (χ3n) is 4.96. The first kappa shape index (κ1) is 18.0. The van der Waals surface area contributed by atoms with Crippen LogP contribution in [0.15, 0.2) is 65.7 Å². The maximum Gasteiger partial charge on any atom is 0.258 e. The fourth-order valence-corrected chi connectivity index (χ4v) is 3.44. The van der Waals surface area contributed by atoms with E-state index in [-0.39, 0.29) is 11.8 Å². The first-order valence-corrected chi connectivity index (χ1v) is 9.13. The van der Waals surface area contributed by atoms with Crippen molar-refractivity contribution in [3.8, 4) is 0 Å². The van der Waals surface area contributed by atoms with Gasteiger partial charge in [-0.2, -0.15) is 5.10 Å². The van der Waals surface area contributed by atoms with Crippen molar-refractivity contribution in [3.05, 3.63) is 66.9 Å². The second-order valence-corrected chi connectivity index (χ2v) is 6.73. The number of carbonyl (C=O) groups excluding carboxylic acids is 2. The van der Waals surface area contributed by atoms with Gasteiger partial charge in [0.05, 0.1) is 11.8 Å². The average molecular weight is 379 g/mol. The van der Waals surface area contributed by atoms with E-state index in [1.165, 1.54) is 12.5 Å². The number of nitrogens with zero attached hydrogens (tertiary/aromatic N) is 2. The highest BCUT2D eigenvalue weighted by Gasteiger charge is 2.42. The van der Waals surface area contributed by atoms with E-state index in [1.54, 1.807) is 41.2 Å². The number of nitrogens with one attached hydrogen (secondary N) is 3. The van der Waals surface area contributed by atoms with Gasteiger partial charge in [-0.3, -0.25) is 14.3 Å². The summed E-state index contributed by atoms with van der Waals surface area (Å²) < 4.78 is 6.68. The van der Waals surface area contributed by atoms with Gasteiger partial charge in [-0.15, -0.1) is 0 Å². The van der Waals surface area contributed by atoms with E-state index in [9.17, 15) is 9.59 Å². The molecule has 2 amide bonds. The molecule has 0 unspecified atom stereocenters. The average Bonchev–Trinajstić information content (AvgIpc) is 3.43. The summed E-state index contributed by atoms with van der Waals surface area (Å²) in [7, 11) is 0. The van der Waals surface area contributed by atoms with Gasteiger partial charge in [0.15, 0.2) is 0 Å². The van der Waals surface area contributed by atoms with Crippen molar-refractivity contribution in [2.75, 3.05) is 23.7 Å². The van der Waals surface area contributed by atoms with Crippen molar-refractivity contribution in [2.24, 2.45) is 0 Å². The quantitative estimate of drug-likeness (QED) is 0.632. The molecule has 2 aromatic heterocycles. The van der Waals surface area contributed by atoms with E-state index in [0.717, 1.165) is 13.1 Å². The standard InChI is InChI=1S/C20H21N5O3/c26-18(15-5-12-28-14-15)23-16-3-1-4-17(13-16)24-19(27)20(6-9-21-10-7-20)25-11-2-8-22-25/h1-5,8,11-14,21H,6-7,9-10H2,(H,23,26)(H,24,27). The molecule has 144 valence electrons. The summed E-state index contributed by atoms with van der Waals surface area (Å²) in [5.74, 6) is -0.389. The maximum atomic E-state index is 13.2. The molecule has 4 rings (SSSR count). The fourth-order valence-electron chi connectivity index (χ4n) is 3.44. The zero-order valence-corrected chi connectivity index (χ0v) is 15.2. The van der Waals surface area contributed by atoms with Crippen molar-refractivity contribution in [3.63, 3.8) is 0 Å². The van der Waals surface area contributed by atoms with Crippen molar-refractivity contribution in [2.45, 2.75) is 18.4 Å². The summed E-state index contributed by atoms with van der Waals surface area (Å²) >= 11 is 0. The van der Waals surface area contributed by atoms with Gasteiger partial charge >= 0.3 is 0 Å². The molecular weight excluding hydrogens is 358 g/mol. The molecule has 1 aliphatic rings. The summed E-state index contributed by atoms with van der Waals surface area (Å²) in [5.41, 5.74) is 0.898. The van der Waals surface area contributed by atoms with E-state index in [4.69, 9.17) is 4.42 Å². The Kier molecular flexibility index (Phi) is 4.94. The minimum absolute atomic E-state index is 0.115. The van der Waals surface area contributed by atoms with Crippen LogP contribution in [0.3, 0.4) is 0 Å². The Balaban J connectivity index is 1.52. The van der Waals surface area contributed by atoms with Gasteiger partial charge < -0.3 is 20.4 Å². The molecule has 0 radical (unpaired) electrons. The first-order chi connectivity index (χ1) is 13.7. The Morgan fingerprint density at radius 3 is 2.57 bits per heavy atom. The molecule has 0 spiro atoms. The molecule has 0 aliphatic carbocycles. The minimum atomic E-state index is -0.731. The third-order valence-corrected chi connectivity index (χ3v) is 4.96. The molecule has 1 saturated heterocycles. The van der Waals surface area contributed by atoms with Crippen LogP contribution in [0, 0.1) is 0 Å². The highest BCUT2D eigenvalue weighted by molar-refractivity contribution is 6.04. The Bertz CT molecular complexity index is 944. The summed E-state index contributed by atoms with van der Waals surface area (Å²) in [6.45, 7) is 1.49. The predicted molar refractivity (Wildman–Crippen MR) is 104 cm³/mol. The molecule has 1 aliphatic heterocycles. The lowest BCUT2D eigenvalue weighted by molar-refractivity contribution is -0.126. The number of carbonyl (C=O) groups is 2. The van der Waals surface area contributed by atoms with Gasteiger partial charge in [-0.1, -0.05) is 6.07 Å². The van der Waals surface area contributed by atoms with Crippen LogP contribution < -0.4 is 16.0 Å². The molecule has 3 N–H and O–H groups in total. The topological polar surface area (TPSA) is 101 Å². The zero-order chi connectivity index (χ0) is 19.4. The Morgan fingerprint density at radius 1 is 1.11 bits per heavy atom. The van der Waals surface area contributed by atoms with E-state index < -0.39 is 5.54 Å². The normalized spacial score (nSPS) is 15.7. The number of furan rings is 1. The van der Waals surface area contributed by atoms with Gasteiger partial charge in [-0.25, -0.2) is 0 Å². The van der Waals surface area contributed by atoms with Crippen molar-refractivity contribution in [1.82, 2.24) is 15.1 Å². The Labute approximate surface area is 161 Å². The van der Waals surface area contributed by atoms with E-state index in [1.807, 2.05) is 12.3 Å². The summed E-state index contributed by atoms with van der Waals surface area (Å²) in [6.07, 6.45) is 7.63. The molecule has 3 heterocycles. The van der Waals surface area contributed by atoms with Crippen LogP contribution in [-0.2, 0) is 10.3 Å². The van der Waals surface area contributed by atoms with E-state index in [2.05, 4.69) is 21.0 Å². The van der Waals surface area contributed by atoms with Crippen LogP contribution in [0.25, 0.3) is 0 Å². The van der Waals surface area contributed by atoms with Gasteiger partial charge in [0.2, 0.25) is 0 Å². The minimum Gasteiger partial charge on any atom is -0.472 e. The van der Waals surface area contributed by atoms with Crippen LogP contribution in [0.2, 0.25) is 0 Å². The zero-order valence-electron chi connectivity index (χ0n) is 15.2. The Hall–Kier alpha value is -3.39. The molecule has 1 fully saturated rings. The van der Waals surface area contributed by atoms with E-state index >= 15 is 0 Å². The summed E-state index contributed by atoms with van der Waals surface area (Å²) in [4.78, 5) is 25.4. The fraction of sp³-hybridized carbons (Fsp3) is 0.250. The molecule has 8 nitrogen and oxygen atoms in total. The highest BCUT2D eigenvalue weighted by Crippen LogP contribution is 2.29. The van der Waals surface area contributed by atoms with Crippen LogP contribution in [-0.4, -0.2) is 34.7 Å². The molecular formula is C20H21N5O3. The number of anilines is 2. The largest absolute Gasteiger partial charge is 0.472 e. The van der Waals surface area contributed by atoms with Crippen molar-refractivity contribution in [1.29, 1.82) is 0 Å². The lowest BCUT2D eigenvalue weighted by Gasteiger charge is -2.36. The lowest BCUT2D eigenvalue weighted by Crippen LogP contribution is -2.52. The van der Waals surface area contributed by atoms with Gasteiger partial charge in [0.1, 0.15) is 11.8 Å². The number of amides is 2. The van der Waals surface area contributed by atoms with Crippen molar-refractivity contribution >= 4 is 23.2 Å². The number of hydrogen-bond donors (Lipinski definition) is 3. The number of piperidine rings is 1. The highest BCUT2D eigenvalue weighted by atomic mass is 16.3. The second-order valence-electron chi connectivity index (χ2n) is 6.73. The summed E-state index contributed by atoms with van der Waals surface area (Å²) in [6, 6.07) is 10.5. The first-order valence-electron chi connectivity index (χ1n) is 9.13. The SMILES string of the molecule is O=C(Nc1cccc(NC(=O)C2(n3cccn3)CCNCC2)c1)c1ccoc1. The Morgan fingerprint density at radius 2 is 1.89 bits per heavy atom. The smallest absolute Gasteiger partial charge is 0.258 e. The van der Waals surface area contributed by atoms with Gasteiger partial charge in [0.25, 0.3) is 11.8 Å². The molecule has 0 bridgehead atoms. The van der Waals surface area contributed by atoms with Crippen molar-refractivity contribution < 1.29 is 14.0 Å².